The van der Waals surface area contributed by atoms with Gasteiger partial charge in [0.1, 0.15) is 6.04 Å². The summed E-state index contributed by atoms with van der Waals surface area (Å²) < 4.78 is 4.52. The van der Waals surface area contributed by atoms with Crippen LogP contribution in [0.15, 0.2) is 24.3 Å². The number of hydrogen-bond acceptors (Lipinski definition) is 3. The molecule has 1 rings (SSSR count). The van der Waals surface area contributed by atoms with Crippen molar-refractivity contribution in [1.29, 1.82) is 0 Å². The highest BCUT2D eigenvalue weighted by atomic mass is 35.5. The third-order valence-electron chi connectivity index (χ3n) is 1.90. The number of hydrogen-bond donors (Lipinski definition) is 1. The van der Waals surface area contributed by atoms with Gasteiger partial charge in [-0.3, -0.25) is 4.79 Å². The zero-order valence-electron chi connectivity index (χ0n) is 8.27. The van der Waals surface area contributed by atoms with Gasteiger partial charge in [-0.15, -0.1) is 12.4 Å². The summed E-state index contributed by atoms with van der Waals surface area (Å²) in [5, 5.41) is 0.617. The van der Waals surface area contributed by atoms with Gasteiger partial charge in [-0.1, -0.05) is 29.8 Å². The molecule has 5 heteroatoms. The lowest BCUT2D eigenvalue weighted by Crippen LogP contribution is -2.33. The van der Waals surface area contributed by atoms with Crippen LogP contribution in [0.1, 0.15) is 5.56 Å². The maximum atomic E-state index is 11.0. The van der Waals surface area contributed by atoms with Crippen LogP contribution in [-0.2, 0) is 16.0 Å². The van der Waals surface area contributed by atoms with Crippen molar-refractivity contribution in [3.63, 3.8) is 0 Å². The molecule has 0 radical (unpaired) electrons. The van der Waals surface area contributed by atoms with Crippen LogP contribution in [0.3, 0.4) is 0 Å². The lowest BCUT2D eigenvalue weighted by molar-refractivity contribution is -0.142. The summed E-state index contributed by atoms with van der Waals surface area (Å²) in [5.74, 6) is -0.426. The first-order chi connectivity index (χ1) is 6.65. The second-order valence-corrected chi connectivity index (χ2v) is 3.33. The standard InChI is InChI=1S/C10H12ClNO2.ClH/c1-14-10(13)9(12)6-7-4-2-3-5-8(7)11;/h2-5,9H,6,12H2,1H3;1H/t9-;/m1./s1. The van der Waals surface area contributed by atoms with E-state index in [0.717, 1.165) is 5.56 Å². The lowest BCUT2D eigenvalue weighted by atomic mass is 10.1. The van der Waals surface area contributed by atoms with Gasteiger partial charge in [0.05, 0.1) is 7.11 Å². The largest absolute Gasteiger partial charge is 0.468 e. The van der Waals surface area contributed by atoms with E-state index in [9.17, 15) is 4.79 Å². The molecule has 0 aliphatic rings. The summed E-state index contributed by atoms with van der Waals surface area (Å²) >= 11 is 5.91. The topological polar surface area (TPSA) is 52.3 Å². The minimum atomic E-state index is -0.653. The molecule has 0 unspecified atom stereocenters. The molecular formula is C10H13Cl2NO2. The number of rotatable bonds is 3. The number of halogens is 2. The Morgan fingerprint density at radius 2 is 2.13 bits per heavy atom. The molecule has 2 N–H and O–H groups in total. The Bertz CT molecular complexity index is 331. The Labute approximate surface area is 100.0 Å². The number of esters is 1. The molecule has 15 heavy (non-hydrogen) atoms. The van der Waals surface area contributed by atoms with Gasteiger partial charge in [-0.2, -0.15) is 0 Å². The molecular weight excluding hydrogens is 237 g/mol. The number of methoxy groups -OCH3 is 1. The van der Waals surface area contributed by atoms with Crippen LogP contribution < -0.4 is 5.73 Å². The highest BCUT2D eigenvalue weighted by molar-refractivity contribution is 6.31. The number of ether oxygens (including phenoxy) is 1. The molecule has 3 nitrogen and oxygen atoms in total. The molecule has 1 aromatic rings. The quantitative estimate of drug-likeness (QED) is 0.832. The van der Waals surface area contributed by atoms with Crippen molar-refractivity contribution >= 4 is 30.0 Å². The number of benzene rings is 1. The van der Waals surface area contributed by atoms with E-state index in [1.165, 1.54) is 7.11 Å². The van der Waals surface area contributed by atoms with Crippen molar-refractivity contribution in [3.05, 3.63) is 34.9 Å². The van der Waals surface area contributed by atoms with Gasteiger partial charge in [0.25, 0.3) is 0 Å². The Balaban J connectivity index is 0.00000196. The fraction of sp³-hybridized carbons (Fsp3) is 0.300. The lowest BCUT2D eigenvalue weighted by Gasteiger charge is -2.09. The minimum absolute atomic E-state index is 0. The van der Waals surface area contributed by atoms with Gasteiger partial charge in [-0.05, 0) is 18.1 Å². The second-order valence-electron chi connectivity index (χ2n) is 2.93. The van der Waals surface area contributed by atoms with Crippen molar-refractivity contribution < 1.29 is 9.53 Å². The second kappa shape index (κ2) is 6.67. The molecule has 0 amide bonds. The average Bonchev–Trinajstić information content (AvgIpc) is 2.20. The van der Waals surface area contributed by atoms with Gasteiger partial charge in [0.15, 0.2) is 0 Å². The predicted molar refractivity (Wildman–Crippen MR) is 62.4 cm³/mol. The highest BCUT2D eigenvalue weighted by Gasteiger charge is 2.15. The third kappa shape index (κ3) is 4.08. The summed E-state index contributed by atoms with van der Waals surface area (Å²) in [6, 6.07) is 6.63. The van der Waals surface area contributed by atoms with Gasteiger partial charge in [-0.25, -0.2) is 0 Å². The van der Waals surface area contributed by atoms with Crippen LogP contribution >= 0.6 is 24.0 Å². The van der Waals surface area contributed by atoms with Crippen LogP contribution in [0.25, 0.3) is 0 Å². The zero-order valence-corrected chi connectivity index (χ0v) is 9.85. The summed E-state index contributed by atoms with van der Waals surface area (Å²) in [7, 11) is 1.31. The molecule has 0 heterocycles. The molecule has 0 aliphatic carbocycles. The molecule has 0 aliphatic heterocycles. The van der Waals surface area contributed by atoms with Crippen LogP contribution in [0.2, 0.25) is 5.02 Å². The van der Waals surface area contributed by atoms with E-state index in [-0.39, 0.29) is 12.4 Å². The van der Waals surface area contributed by atoms with Crippen LogP contribution in [0.5, 0.6) is 0 Å². The third-order valence-corrected chi connectivity index (χ3v) is 2.27. The summed E-state index contributed by atoms with van der Waals surface area (Å²) in [6.45, 7) is 0. The predicted octanol–water partition coefficient (Wildman–Crippen LogP) is 1.80. The van der Waals surface area contributed by atoms with Gasteiger partial charge >= 0.3 is 5.97 Å². The number of nitrogens with two attached hydrogens (primary N) is 1. The molecule has 0 saturated heterocycles. The number of carbonyl (C=O) groups is 1. The zero-order chi connectivity index (χ0) is 10.6. The average molecular weight is 250 g/mol. The smallest absolute Gasteiger partial charge is 0.322 e. The first-order valence-electron chi connectivity index (χ1n) is 4.22. The first-order valence-corrected chi connectivity index (χ1v) is 4.59. The summed E-state index contributed by atoms with van der Waals surface area (Å²) in [6.07, 6.45) is 0.395. The van der Waals surface area contributed by atoms with E-state index in [2.05, 4.69) is 4.74 Å². The van der Waals surface area contributed by atoms with Crippen molar-refractivity contribution in [3.8, 4) is 0 Å². The van der Waals surface area contributed by atoms with Crippen molar-refractivity contribution in [2.75, 3.05) is 7.11 Å². The van der Waals surface area contributed by atoms with Crippen LogP contribution in [0, 0.1) is 0 Å². The molecule has 1 aromatic carbocycles. The summed E-state index contributed by atoms with van der Waals surface area (Å²) in [4.78, 5) is 11.0. The Hall–Kier alpha value is -0.770. The molecule has 0 bridgehead atoms. The van der Waals surface area contributed by atoms with Crippen molar-refractivity contribution in [2.24, 2.45) is 5.73 Å². The van der Waals surface area contributed by atoms with E-state index in [1.807, 2.05) is 18.2 Å². The molecule has 0 aromatic heterocycles. The normalized spacial score (nSPS) is 11.4. The fourth-order valence-electron chi connectivity index (χ4n) is 1.14. The monoisotopic (exact) mass is 249 g/mol. The molecule has 0 fully saturated rings. The summed E-state index contributed by atoms with van der Waals surface area (Å²) in [5.41, 5.74) is 6.45. The Morgan fingerprint density at radius 1 is 1.53 bits per heavy atom. The number of carbonyl (C=O) groups excluding carboxylic acids is 1. The highest BCUT2D eigenvalue weighted by Crippen LogP contribution is 2.16. The van der Waals surface area contributed by atoms with Crippen LogP contribution in [0.4, 0.5) is 0 Å². The van der Waals surface area contributed by atoms with E-state index >= 15 is 0 Å². The van der Waals surface area contributed by atoms with E-state index in [1.54, 1.807) is 6.07 Å². The van der Waals surface area contributed by atoms with E-state index < -0.39 is 12.0 Å². The maximum absolute atomic E-state index is 11.0. The maximum Gasteiger partial charge on any atom is 0.322 e. The van der Waals surface area contributed by atoms with E-state index in [4.69, 9.17) is 17.3 Å². The molecule has 0 spiro atoms. The molecule has 84 valence electrons. The molecule has 1 atom stereocenters. The minimum Gasteiger partial charge on any atom is -0.468 e. The fourth-order valence-corrected chi connectivity index (χ4v) is 1.35. The SMILES string of the molecule is COC(=O)[C@H](N)Cc1ccccc1Cl.Cl. The molecule has 0 saturated carbocycles. The first kappa shape index (κ1) is 14.2. The van der Waals surface area contributed by atoms with Crippen molar-refractivity contribution in [1.82, 2.24) is 0 Å². The van der Waals surface area contributed by atoms with Crippen LogP contribution in [-0.4, -0.2) is 19.1 Å². The Morgan fingerprint density at radius 3 is 2.67 bits per heavy atom. The van der Waals surface area contributed by atoms with Gasteiger partial charge < -0.3 is 10.5 Å². The van der Waals surface area contributed by atoms with E-state index in [0.29, 0.717) is 11.4 Å². The Kier molecular flexibility index (Phi) is 6.32. The van der Waals surface area contributed by atoms with Crippen molar-refractivity contribution in [2.45, 2.75) is 12.5 Å². The van der Waals surface area contributed by atoms with Gasteiger partial charge in [0, 0.05) is 5.02 Å². The van der Waals surface area contributed by atoms with Gasteiger partial charge in [0.2, 0.25) is 0 Å².